The zero-order valence-corrected chi connectivity index (χ0v) is 30.3. The number of anilines is 2. The highest BCUT2D eigenvalue weighted by atomic mass is 32.2. The van der Waals surface area contributed by atoms with Crippen molar-refractivity contribution >= 4 is 125 Å². The summed E-state index contributed by atoms with van der Waals surface area (Å²) < 4.78 is 0.390. The molecule has 2 aliphatic carbocycles. The molecule has 0 aromatic carbocycles. The molecule has 4 aliphatic rings. The Morgan fingerprint density at radius 1 is 0.646 bits per heavy atom. The fraction of sp³-hybridized carbons (Fsp3) is 0.400. The predicted octanol–water partition coefficient (Wildman–Crippen LogP) is 4.05. The number of nitrogens with two attached hydrogens (primary N) is 2. The van der Waals surface area contributed by atoms with Crippen LogP contribution in [-0.2, 0) is 44.9 Å². The Morgan fingerprint density at radius 3 is 1.40 bits per heavy atom. The lowest BCUT2D eigenvalue weighted by atomic mass is 9.95. The van der Waals surface area contributed by atoms with Gasteiger partial charge in [-0.1, -0.05) is 48.0 Å². The fourth-order valence-electron chi connectivity index (χ4n) is 6.09. The third-order valence-electron chi connectivity index (χ3n) is 8.37. The third kappa shape index (κ3) is 6.82. The molecule has 0 unspecified atom stereocenters. The molecule has 2 aromatic heterocycles. The molecule has 0 bridgehead atoms. The number of thiocarbonyl (C=S) groups is 2. The average Bonchev–Trinajstić information content (AvgIpc) is 3.75. The molecule has 18 heteroatoms. The minimum absolute atomic E-state index is 0.0309. The summed E-state index contributed by atoms with van der Waals surface area (Å²) in [4.78, 5) is 81.8. The van der Waals surface area contributed by atoms with E-state index >= 15 is 0 Å². The smallest absolute Gasteiger partial charge is 0.267 e. The fourth-order valence-corrected chi connectivity index (χ4v) is 11.5. The van der Waals surface area contributed by atoms with E-state index in [1.807, 2.05) is 0 Å². The maximum atomic E-state index is 13.4. The molecule has 0 radical (unpaired) electrons. The molecule has 2 aliphatic heterocycles. The van der Waals surface area contributed by atoms with E-state index in [1.54, 1.807) is 0 Å². The molecule has 252 valence electrons. The number of hydrogen-bond donors (Lipinski definition) is 4. The van der Waals surface area contributed by atoms with Gasteiger partial charge in [-0.15, -0.1) is 22.7 Å². The highest BCUT2D eigenvalue weighted by molar-refractivity contribution is 8.29. The van der Waals surface area contributed by atoms with Gasteiger partial charge in [-0.05, 0) is 62.5 Å². The number of aryl methyl sites for hydroxylation is 2. The maximum Gasteiger partial charge on any atom is 0.267 e. The van der Waals surface area contributed by atoms with E-state index in [0.29, 0.717) is 21.1 Å². The summed E-state index contributed by atoms with van der Waals surface area (Å²) in [5, 5.41) is 6.42. The van der Waals surface area contributed by atoms with Crippen molar-refractivity contribution in [2.24, 2.45) is 11.5 Å². The number of hydrogen-bond acceptors (Lipinski definition) is 12. The van der Waals surface area contributed by atoms with Crippen LogP contribution in [0, 0.1) is 0 Å². The molecule has 0 saturated carbocycles. The molecule has 4 heterocycles. The lowest BCUT2D eigenvalue weighted by Gasteiger charge is -2.15. The second-order valence-corrected chi connectivity index (χ2v) is 17.0. The van der Waals surface area contributed by atoms with Crippen LogP contribution in [0.15, 0.2) is 9.81 Å². The van der Waals surface area contributed by atoms with Crippen molar-refractivity contribution in [3.63, 3.8) is 0 Å². The van der Waals surface area contributed by atoms with E-state index in [-0.39, 0.29) is 44.4 Å². The maximum absolute atomic E-state index is 13.4. The van der Waals surface area contributed by atoms with Gasteiger partial charge in [0.05, 0.1) is 20.9 Å². The first-order chi connectivity index (χ1) is 22.9. The molecule has 0 spiro atoms. The van der Waals surface area contributed by atoms with Gasteiger partial charge in [-0.3, -0.25) is 38.6 Å². The molecule has 12 nitrogen and oxygen atoms in total. The van der Waals surface area contributed by atoms with Crippen LogP contribution in [0.3, 0.4) is 0 Å². The van der Waals surface area contributed by atoms with Gasteiger partial charge in [0.1, 0.15) is 18.6 Å². The standard InChI is InChI=1S/C30H30N6O6S6/c31-23(39)19-13-5-1-3-7-15(13)45-25(19)33-17(37)9-11-35-27(41)21(47-29(35)43)22-28(42)36(30(44)48-22)12-10-18(38)34-26-20(24(32)40)14-6-2-4-8-16(14)46-26/h1-12H2,(H2,31,39)(H2,32,40)(H,33,37)(H,34,38). The van der Waals surface area contributed by atoms with Crippen molar-refractivity contribution in [3.8, 4) is 0 Å². The average molecular weight is 763 g/mol. The number of nitrogens with one attached hydrogen (secondary N) is 2. The van der Waals surface area contributed by atoms with Gasteiger partial charge < -0.3 is 22.1 Å². The molecule has 6 rings (SSSR count). The van der Waals surface area contributed by atoms with E-state index in [4.69, 9.17) is 35.9 Å². The van der Waals surface area contributed by atoms with Crippen LogP contribution in [-0.4, -0.2) is 67.0 Å². The van der Waals surface area contributed by atoms with Crippen LogP contribution in [0.5, 0.6) is 0 Å². The van der Waals surface area contributed by atoms with Crippen LogP contribution >= 0.6 is 70.6 Å². The number of fused-ring (bicyclic) bond motifs is 2. The monoisotopic (exact) mass is 762 g/mol. The van der Waals surface area contributed by atoms with Crippen LogP contribution in [0.25, 0.3) is 0 Å². The number of thioether (sulfide) groups is 2. The van der Waals surface area contributed by atoms with E-state index < -0.39 is 35.4 Å². The molecule has 0 atom stereocenters. The minimum atomic E-state index is -0.585. The zero-order valence-electron chi connectivity index (χ0n) is 25.4. The molecule has 6 N–H and O–H groups in total. The molecule has 2 aromatic rings. The van der Waals surface area contributed by atoms with E-state index in [9.17, 15) is 28.8 Å². The van der Waals surface area contributed by atoms with Gasteiger partial charge >= 0.3 is 0 Å². The van der Waals surface area contributed by atoms with Gasteiger partial charge in [0.15, 0.2) is 0 Å². The van der Waals surface area contributed by atoms with Crippen LogP contribution in [0.4, 0.5) is 10.0 Å². The number of carbonyl (C=O) groups excluding carboxylic acids is 6. The SMILES string of the molecule is NC(=O)c1c(NC(=O)CCN2C(=O)C(=C3SC(=S)N(CCC(=O)Nc4sc5c(c4C(N)=O)CCCC5)C3=O)SC2=S)sc2c1CCCC2. The van der Waals surface area contributed by atoms with Gasteiger partial charge in [-0.2, -0.15) is 0 Å². The summed E-state index contributed by atoms with van der Waals surface area (Å²) in [6.45, 7) is -0.0617. The van der Waals surface area contributed by atoms with Crippen molar-refractivity contribution < 1.29 is 28.8 Å². The number of nitrogens with zero attached hydrogens (tertiary/aromatic N) is 2. The predicted molar refractivity (Wildman–Crippen MR) is 196 cm³/mol. The summed E-state index contributed by atoms with van der Waals surface area (Å²) >= 11 is 15.5. The highest BCUT2D eigenvalue weighted by Gasteiger charge is 2.42. The Kier molecular flexibility index (Phi) is 10.4. The summed E-state index contributed by atoms with van der Waals surface area (Å²) in [5.74, 6) is -3.00. The van der Waals surface area contributed by atoms with Crippen LogP contribution in [0.2, 0.25) is 0 Å². The van der Waals surface area contributed by atoms with Gasteiger partial charge in [0.25, 0.3) is 23.6 Å². The largest absolute Gasteiger partial charge is 0.365 e. The van der Waals surface area contributed by atoms with Crippen molar-refractivity contribution in [2.75, 3.05) is 23.7 Å². The topological polar surface area (TPSA) is 185 Å². The molecular formula is C30H30N6O6S6. The van der Waals surface area contributed by atoms with Gasteiger partial charge in [0, 0.05) is 35.7 Å². The summed E-state index contributed by atoms with van der Waals surface area (Å²) in [6, 6.07) is 0. The quantitative estimate of drug-likeness (QED) is 0.203. The number of primary amides is 2. The van der Waals surface area contributed by atoms with Crippen molar-refractivity contribution in [1.29, 1.82) is 0 Å². The summed E-state index contributed by atoms with van der Waals surface area (Å²) in [6.07, 6.45) is 6.89. The van der Waals surface area contributed by atoms with Crippen LogP contribution < -0.4 is 22.1 Å². The number of carbonyl (C=O) groups is 6. The molecule has 48 heavy (non-hydrogen) atoms. The second-order valence-electron chi connectivity index (χ2n) is 11.5. The Bertz CT molecular complexity index is 1720. The highest BCUT2D eigenvalue weighted by Crippen LogP contribution is 2.43. The first-order valence-corrected chi connectivity index (χ1v) is 19.3. The van der Waals surface area contributed by atoms with Crippen molar-refractivity contribution in [1.82, 2.24) is 9.80 Å². The van der Waals surface area contributed by atoms with Gasteiger partial charge in [0.2, 0.25) is 11.8 Å². The second kappa shape index (κ2) is 14.4. The lowest BCUT2D eigenvalue weighted by molar-refractivity contribution is -0.125. The van der Waals surface area contributed by atoms with E-state index in [2.05, 4.69) is 10.6 Å². The van der Waals surface area contributed by atoms with Crippen molar-refractivity contribution in [2.45, 2.75) is 64.2 Å². The number of amides is 6. The number of thiophene rings is 2. The van der Waals surface area contributed by atoms with Gasteiger partial charge in [-0.25, -0.2) is 0 Å². The molecule has 2 saturated heterocycles. The Morgan fingerprint density at radius 2 is 1.02 bits per heavy atom. The molecular weight excluding hydrogens is 733 g/mol. The van der Waals surface area contributed by atoms with Crippen LogP contribution in [0.1, 0.15) is 80.1 Å². The molecule has 6 amide bonds. The first kappa shape index (κ1) is 34.7. The summed E-state index contributed by atoms with van der Waals surface area (Å²) in [5.41, 5.74) is 13.8. The molecule has 2 fully saturated rings. The first-order valence-electron chi connectivity index (χ1n) is 15.2. The van der Waals surface area contributed by atoms with Crippen molar-refractivity contribution in [3.05, 3.63) is 41.8 Å². The van der Waals surface area contributed by atoms with E-state index in [1.165, 1.54) is 32.5 Å². The lowest BCUT2D eigenvalue weighted by Crippen LogP contribution is -2.33. The third-order valence-corrected chi connectivity index (χ3v) is 13.8. The number of rotatable bonds is 10. The van der Waals surface area contributed by atoms with E-state index in [0.717, 1.165) is 95.8 Å². The Balaban J connectivity index is 1.06. The normalized spacial score (nSPS) is 19.1. The summed E-state index contributed by atoms with van der Waals surface area (Å²) in [7, 11) is 0. The Hall–Kier alpha value is -3.16. The minimum Gasteiger partial charge on any atom is -0.365 e. The zero-order chi connectivity index (χ0) is 34.3. The Labute approximate surface area is 302 Å².